The van der Waals surface area contributed by atoms with E-state index in [0.29, 0.717) is 38.5 Å². The fourth-order valence-corrected chi connectivity index (χ4v) is 2.04. The molecule has 1 aromatic heterocycles. The van der Waals surface area contributed by atoms with Crippen molar-refractivity contribution in [3.05, 3.63) is 11.8 Å². The molecule has 1 aromatic rings. The van der Waals surface area contributed by atoms with Gasteiger partial charge in [0, 0.05) is 50.9 Å². The Morgan fingerprint density at radius 1 is 1.37 bits per heavy atom. The molecule has 106 valence electrons. The first-order chi connectivity index (χ1) is 9.13. The van der Waals surface area contributed by atoms with Crippen molar-refractivity contribution in [1.29, 1.82) is 0 Å². The highest BCUT2D eigenvalue weighted by Crippen LogP contribution is 2.22. The van der Waals surface area contributed by atoms with Gasteiger partial charge in [-0.25, -0.2) is 4.98 Å². The van der Waals surface area contributed by atoms with E-state index in [-0.39, 0.29) is 0 Å². The lowest BCUT2D eigenvalue weighted by Crippen LogP contribution is -2.42. The van der Waals surface area contributed by atoms with Crippen LogP contribution >= 0.6 is 0 Å². The second kappa shape index (κ2) is 6.16. The number of nitrogens with zero attached hydrogens (tertiary/aromatic N) is 2. The Morgan fingerprint density at radius 2 is 2.11 bits per heavy atom. The summed E-state index contributed by atoms with van der Waals surface area (Å²) in [7, 11) is 0. The molecule has 0 unspecified atom stereocenters. The third-order valence-electron chi connectivity index (χ3n) is 3.32. The number of hydrogen-bond donors (Lipinski definition) is 3. The van der Waals surface area contributed by atoms with Gasteiger partial charge in [0.1, 0.15) is 5.82 Å². The van der Waals surface area contributed by atoms with E-state index in [2.05, 4.69) is 20.6 Å². The molecule has 19 heavy (non-hydrogen) atoms. The van der Waals surface area contributed by atoms with Crippen LogP contribution in [0.3, 0.4) is 0 Å². The van der Waals surface area contributed by atoms with Crippen LogP contribution in [0.5, 0.6) is 0 Å². The summed E-state index contributed by atoms with van der Waals surface area (Å²) in [6.07, 6.45) is 3.09. The predicted molar refractivity (Wildman–Crippen MR) is 74.4 cm³/mol. The maximum atomic E-state index is 10.4. The minimum atomic E-state index is -0.700. The lowest BCUT2D eigenvalue weighted by molar-refractivity contribution is -0.0543. The van der Waals surface area contributed by atoms with E-state index in [1.165, 1.54) is 0 Å². The Bertz CT molecular complexity index is 419. The zero-order valence-corrected chi connectivity index (χ0v) is 11.6. The van der Waals surface area contributed by atoms with Gasteiger partial charge in [0.05, 0.1) is 5.60 Å². The zero-order valence-electron chi connectivity index (χ0n) is 11.6. The van der Waals surface area contributed by atoms with Gasteiger partial charge in [-0.1, -0.05) is 0 Å². The fourth-order valence-electron chi connectivity index (χ4n) is 2.04. The summed E-state index contributed by atoms with van der Waals surface area (Å²) in [4.78, 5) is 8.60. The van der Waals surface area contributed by atoms with E-state index in [0.717, 1.165) is 17.9 Å². The average molecular weight is 266 g/mol. The molecule has 0 aliphatic carbocycles. The van der Waals surface area contributed by atoms with Crippen LogP contribution in [0.1, 0.15) is 25.3 Å². The number of aryl methyl sites for hydroxylation is 1. The van der Waals surface area contributed by atoms with Gasteiger partial charge >= 0.3 is 0 Å². The second-order valence-corrected chi connectivity index (χ2v) is 4.95. The fraction of sp³-hybridized carbons (Fsp3) is 0.692. The number of rotatable bonds is 5. The van der Waals surface area contributed by atoms with E-state index < -0.39 is 5.60 Å². The molecule has 0 radical (unpaired) electrons. The summed E-state index contributed by atoms with van der Waals surface area (Å²) >= 11 is 0. The first-order valence-corrected chi connectivity index (χ1v) is 6.74. The van der Waals surface area contributed by atoms with Crippen molar-refractivity contribution >= 4 is 11.8 Å². The third kappa shape index (κ3) is 3.78. The lowest BCUT2D eigenvalue weighted by Gasteiger charge is -2.32. The smallest absolute Gasteiger partial charge is 0.224 e. The molecule has 3 N–H and O–H groups in total. The van der Waals surface area contributed by atoms with Gasteiger partial charge < -0.3 is 20.5 Å². The maximum absolute atomic E-state index is 10.4. The van der Waals surface area contributed by atoms with Crippen molar-refractivity contribution < 1.29 is 9.84 Å². The maximum Gasteiger partial charge on any atom is 0.224 e. The Morgan fingerprint density at radius 3 is 2.79 bits per heavy atom. The van der Waals surface area contributed by atoms with Gasteiger partial charge in [-0.05, 0) is 13.8 Å². The Balaban J connectivity index is 1.99. The van der Waals surface area contributed by atoms with E-state index in [1.807, 2.05) is 13.8 Å². The highest BCUT2D eigenvalue weighted by atomic mass is 16.5. The van der Waals surface area contributed by atoms with Crippen molar-refractivity contribution in [2.45, 2.75) is 32.3 Å². The van der Waals surface area contributed by atoms with Crippen molar-refractivity contribution in [3.8, 4) is 0 Å². The summed E-state index contributed by atoms with van der Waals surface area (Å²) < 4.78 is 5.27. The first kappa shape index (κ1) is 14.0. The Kier molecular flexibility index (Phi) is 4.55. The van der Waals surface area contributed by atoms with Crippen molar-refractivity contribution in [2.24, 2.45) is 0 Å². The van der Waals surface area contributed by atoms with Crippen molar-refractivity contribution in [3.63, 3.8) is 0 Å². The number of ether oxygens (including phenoxy) is 1. The molecule has 6 nitrogen and oxygen atoms in total. The molecular weight excluding hydrogens is 244 g/mol. The Hall–Kier alpha value is -1.40. The summed E-state index contributed by atoms with van der Waals surface area (Å²) in [6, 6.07) is 0. The Labute approximate surface area is 113 Å². The van der Waals surface area contributed by atoms with Crippen LogP contribution in [-0.4, -0.2) is 47.0 Å². The molecule has 1 aliphatic heterocycles. The van der Waals surface area contributed by atoms with Crippen molar-refractivity contribution in [2.75, 3.05) is 36.9 Å². The minimum absolute atomic E-state index is 0.486. The topological polar surface area (TPSA) is 79.3 Å². The van der Waals surface area contributed by atoms with Crippen LogP contribution < -0.4 is 10.6 Å². The lowest BCUT2D eigenvalue weighted by atomic mass is 9.94. The molecule has 0 amide bonds. The molecule has 0 saturated carbocycles. The highest BCUT2D eigenvalue weighted by Gasteiger charge is 2.29. The van der Waals surface area contributed by atoms with Gasteiger partial charge in [0.2, 0.25) is 5.95 Å². The van der Waals surface area contributed by atoms with E-state index in [4.69, 9.17) is 4.74 Å². The molecule has 0 atom stereocenters. The monoisotopic (exact) mass is 266 g/mol. The highest BCUT2D eigenvalue weighted by molar-refractivity contribution is 5.46. The van der Waals surface area contributed by atoms with Gasteiger partial charge in [-0.2, -0.15) is 4.98 Å². The standard InChI is InChI=1S/C13H22N4O2/c1-3-14-12-15-8-10(2)11(17-12)16-9-13(18)4-6-19-7-5-13/h8,18H,3-7,9H2,1-2H3,(H2,14,15,16,17). The van der Waals surface area contributed by atoms with Crippen LogP contribution in [0.25, 0.3) is 0 Å². The number of aromatic nitrogens is 2. The van der Waals surface area contributed by atoms with E-state index >= 15 is 0 Å². The second-order valence-electron chi connectivity index (χ2n) is 4.95. The zero-order chi connectivity index (χ0) is 13.7. The SMILES string of the molecule is CCNc1ncc(C)c(NCC2(O)CCOCC2)n1. The quantitative estimate of drug-likeness (QED) is 0.742. The normalized spacial score (nSPS) is 18.1. The predicted octanol–water partition coefficient (Wildman–Crippen LogP) is 1.17. The summed E-state index contributed by atoms with van der Waals surface area (Å²) in [5, 5.41) is 16.7. The molecule has 1 saturated heterocycles. The van der Waals surface area contributed by atoms with Gasteiger partial charge in [0.15, 0.2) is 0 Å². The average Bonchev–Trinajstić information content (AvgIpc) is 2.41. The minimum Gasteiger partial charge on any atom is -0.388 e. The van der Waals surface area contributed by atoms with Crippen molar-refractivity contribution in [1.82, 2.24) is 9.97 Å². The van der Waals surface area contributed by atoms with Crippen LogP contribution in [0.15, 0.2) is 6.20 Å². The molecule has 2 heterocycles. The van der Waals surface area contributed by atoms with Gasteiger partial charge in [-0.15, -0.1) is 0 Å². The number of nitrogens with one attached hydrogen (secondary N) is 2. The number of aliphatic hydroxyl groups is 1. The molecule has 1 fully saturated rings. The van der Waals surface area contributed by atoms with Crippen LogP contribution in [-0.2, 0) is 4.74 Å². The number of anilines is 2. The molecule has 0 bridgehead atoms. The summed E-state index contributed by atoms with van der Waals surface area (Å²) in [5.74, 6) is 1.38. The van der Waals surface area contributed by atoms with Crippen LogP contribution in [0.4, 0.5) is 11.8 Å². The van der Waals surface area contributed by atoms with Crippen LogP contribution in [0, 0.1) is 6.92 Å². The molecular formula is C13H22N4O2. The molecule has 0 aromatic carbocycles. The van der Waals surface area contributed by atoms with E-state index in [1.54, 1.807) is 6.20 Å². The molecule has 0 spiro atoms. The first-order valence-electron chi connectivity index (χ1n) is 6.74. The van der Waals surface area contributed by atoms with Gasteiger partial charge in [0.25, 0.3) is 0 Å². The summed E-state index contributed by atoms with van der Waals surface area (Å²) in [5.41, 5.74) is 0.269. The largest absolute Gasteiger partial charge is 0.388 e. The summed E-state index contributed by atoms with van der Waals surface area (Å²) in [6.45, 7) is 6.45. The number of hydrogen-bond acceptors (Lipinski definition) is 6. The third-order valence-corrected chi connectivity index (χ3v) is 3.32. The van der Waals surface area contributed by atoms with Crippen LogP contribution in [0.2, 0.25) is 0 Å². The van der Waals surface area contributed by atoms with Gasteiger partial charge in [-0.3, -0.25) is 0 Å². The van der Waals surface area contributed by atoms with E-state index in [9.17, 15) is 5.11 Å². The molecule has 2 rings (SSSR count). The molecule has 6 heteroatoms. The molecule has 1 aliphatic rings.